The highest BCUT2D eigenvalue weighted by atomic mass is 79.9. The molecule has 5 nitrogen and oxygen atoms in total. The Morgan fingerprint density at radius 2 is 2.00 bits per heavy atom. The zero-order chi connectivity index (χ0) is 14.0. The van der Waals surface area contributed by atoms with Crippen LogP contribution in [-0.2, 0) is 0 Å². The molecule has 0 atom stereocenters. The lowest BCUT2D eigenvalue weighted by Crippen LogP contribution is -1.98. The van der Waals surface area contributed by atoms with Gasteiger partial charge < -0.3 is 11.1 Å². The van der Waals surface area contributed by atoms with Crippen LogP contribution in [0.25, 0.3) is 0 Å². The first-order valence-corrected chi connectivity index (χ1v) is 6.40. The second kappa shape index (κ2) is 5.46. The summed E-state index contributed by atoms with van der Waals surface area (Å²) < 4.78 is 0.828. The normalized spacial score (nSPS) is 10.2. The van der Waals surface area contributed by atoms with Crippen LogP contribution < -0.4 is 11.1 Å². The van der Waals surface area contributed by atoms with E-state index in [1.54, 1.807) is 24.3 Å². The molecule has 0 aliphatic heterocycles. The second-order valence-corrected chi connectivity index (χ2v) is 5.07. The molecule has 0 amide bonds. The number of nitro benzene ring substituents is 1. The molecule has 3 N–H and O–H groups in total. The number of hydrogen-bond acceptors (Lipinski definition) is 4. The van der Waals surface area contributed by atoms with Crippen LogP contribution >= 0.6 is 27.5 Å². The molecule has 2 rings (SSSR count). The van der Waals surface area contributed by atoms with E-state index in [-0.39, 0.29) is 11.4 Å². The van der Waals surface area contributed by atoms with Crippen molar-refractivity contribution in [1.82, 2.24) is 0 Å². The van der Waals surface area contributed by atoms with Crippen molar-refractivity contribution in [3.8, 4) is 0 Å². The van der Waals surface area contributed by atoms with Gasteiger partial charge in [0.05, 0.1) is 10.6 Å². The summed E-state index contributed by atoms with van der Waals surface area (Å²) in [5.41, 5.74) is 7.01. The maximum Gasteiger partial charge on any atom is 0.292 e. The molecule has 0 spiro atoms. The number of benzene rings is 2. The number of nitrogens with one attached hydrogen (secondary N) is 1. The van der Waals surface area contributed by atoms with Gasteiger partial charge in [0.2, 0.25) is 0 Å². The molecule has 0 saturated heterocycles. The minimum absolute atomic E-state index is 0.105. The Hall–Kier alpha value is -1.79. The molecule has 98 valence electrons. The molecule has 0 aliphatic rings. The van der Waals surface area contributed by atoms with Gasteiger partial charge in [0.25, 0.3) is 5.69 Å². The number of rotatable bonds is 3. The summed E-state index contributed by atoms with van der Waals surface area (Å²) in [6, 6.07) is 9.74. The Balaban J connectivity index is 2.31. The fourth-order valence-electron chi connectivity index (χ4n) is 1.55. The molecular formula is C12H9BrClN3O2. The number of nitro groups is 1. The van der Waals surface area contributed by atoms with Crippen LogP contribution in [0.15, 0.2) is 40.9 Å². The molecule has 0 radical (unpaired) electrons. The van der Waals surface area contributed by atoms with Crippen molar-refractivity contribution in [2.75, 3.05) is 11.1 Å². The van der Waals surface area contributed by atoms with Crippen molar-refractivity contribution in [3.05, 3.63) is 56.0 Å². The van der Waals surface area contributed by atoms with Crippen LogP contribution in [0.2, 0.25) is 5.02 Å². The van der Waals surface area contributed by atoms with Crippen LogP contribution in [0.4, 0.5) is 22.7 Å². The molecule has 2 aromatic rings. The zero-order valence-corrected chi connectivity index (χ0v) is 11.9. The van der Waals surface area contributed by atoms with Crippen molar-refractivity contribution in [2.24, 2.45) is 0 Å². The van der Waals surface area contributed by atoms with E-state index >= 15 is 0 Å². The van der Waals surface area contributed by atoms with Crippen LogP contribution in [-0.4, -0.2) is 4.92 Å². The van der Waals surface area contributed by atoms with Crippen molar-refractivity contribution < 1.29 is 4.92 Å². The largest absolute Gasteiger partial charge is 0.393 e. The molecule has 0 saturated carbocycles. The van der Waals surface area contributed by atoms with Crippen molar-refractivity contribution in [1.29, 1.82) is 0 Å². The highest BCUT2D eigenvalue weighted by Gasteiger charge is 2.11. The van der Waals surface area contributed by atoms with Gasteiger partial charge in [-0.15, -0.1) is 0 Å². The smallest absolute Gasteiger partial charge is 0.292 e. The third kappa shape index (κ3) is 3.15. The first kappa shape index (κ1) is 13.6. The van der Waals surface area contributed by atoms with Crippen LogP contribution in [0.5, 0.6) is 0 Å². The lowest BCUT2D eigenvalue weighted by molar-refractivity contribution is -0.383. The van der Waals surface area contributed by atoms with Crippen molar-refractivity contribution in [2.45, 2.75) is 0 Å². The van der Waals surface area contributed by atoms with Gasteiger partial charge in [-0.1, -0.05) is 11.6 Å². The third-order valence-electron chi connectivity index (χ3n) is 2.43. The Kier molecular flexibility index (Phi) is 3.92. The lowest BCUT2D eigenvalue weighted by Gasteiger charge is -2.09. The fraction of sp³-hybridized carbons (Fsp3) is 0. The highest BCUT2D eigenvalue weighted by Crippen LogP contribution is 2.31. The first-order valence-electron chi connectivity index (χ1n) is 5.23. The minimum Gasteiger partial charge on any atom is -0.393 e. The SMILES string of the molecule is Nc1cc(Nc2cc(Cl)ccc2Br)ccc1[N+](=O)[O-]. The van der Waals surface area contributed by atoms with Gasteiger partial charge in [-0.3, -0.25) is 10.1 Å². The van der Waals surface area contributed by atoms with Gasteiger partial charge in [0.15, 0.2) is 0 Å². The lowest BCUT2D eigenvalue weighted by atomic mass is 10.2. The standard InChI is InChI=1S/C12H9BrClN3O2/c13-9-3-1-7(14)5-11(9)16-8-2-4-12(17(18)19)10(15)6-8/h1-6,16H,15H2. The van der Waals surface area contributed by atoms with E-state index in [9.17, 15) is 10.1 Å². The van der Waals surface area contributed by atoms with E-state index < -0.39 is 4.92 Å². The maximum absolute atomic E-state index is 10.7. The monoisotopic (exact) mass is 341 g/mol. The summed E-state index contributed by atoms with van der Waals surface area (Å²) >= 11 is 9.29. The first-order chi connectivity index (χ1) is 8.97. The number of nitrogens with two attached hydrogens (primary N) is 1. The molecule has 0 bridgehead atoms. The Labute approximate surface area is 122 Å². The molecule has 0 unspecified atom stereocenters. The Morgan fingerprint density at radius 1 is 1.26 bits per heavy atom. The molecule has 0 fully saturated rings. The summed E-state index contributed by atoms with van der Waals surface area (Å²) in [6.07, 6.45) is 0. The number of anilines is 3. The number of halogens is 2. The topological polar surface area (TPSA) is 81.2 Å². The van der Waals surface area contributed by atoms with Gasteiger partial charge in [-0.2, -0.15) is 0 Å². The Bertz CT molecular complexity index is 649. The molecule has 2 aromatic carbocycles. The summed E-state index contributed by atoms with van der Waals surface area (Å²) in [7, 11) is 0. The van der Waals surface area contributed by atoms with Crippen molar-refractivity contribution in [3.63, 3.8) is 0 Å². The minimum atomic E-state index is -0.519. The van der Waals surface area contributed by atoms with Gasteiger partial charge in [0, 0.05) is 21.2 Å². The van der Waals surface area contributed by atoms with E-state index in [0.717, 1.165) is 10.2 Å². The fourth-order valence-corrected chi connectivity index (χ4v) is 2.07. The predicted octanol–water partition coefficient (Wildman–Crippen LogP) is 4.34. The zero-order valence-electron chi connectivity index (χ0n) is 9.56. The van der Waals surface area contributed by atoms with Crippen LogP contribution in [0.3, 0.4) is 0 Å². The summed E-state index contributed by atoms with van der Waals surface area (Å²) in [4.78, 5) is 10.2. The van der Waals surface area contributed by atoms with E-state index in [4.69, 9.17) is 17.3 Å². The van der Waals surface area contributed by atoms with Gasteiger partial charge in [-0.05, 0) is 46.3 Å². The summed E-state index contributed by atoms with van der Waals surface area (Å²) in [5.74, 6) is 0. The molecule has 7 heteroatoms. The highest BCUT2D eigenvalue weighted by molar-refractivity contribution is 9.10. The van der Waals surface area contributed by atoms with E-state index in [2.05, 4.69) is 21.2 Å². The number of nitrogens with zero attached hydrogens (tertiary/aromatic N) is 1. The average molecular weight is 343 g/mol. The predicted molar refractivity (Wildman–Crippen MR) is 79.9 cm³/mol. The van der Waals surface area contributed by atoms with Gasteiger partial charge in [-0.25, -0.2) is 0 Å². The van der Waals surface area contributed by atoms with Gasteiger partial charge >= 0.3 is 0 Å². The van der Waals surface area contributed by atoms with E-state index in [0.29, 0.717) is 10.7 Å². The second-order valence-electron chi connectivity index (χ2n) is 3.78. The average Bonchev–Trinajstić information content (AvgIpc) is 2.33. The molecule has 0 aromatic heterocycles. The molecule has 0 aliphatic carbocycles. The van der Waals surface area contributed by atoms with E-state index in [1.807, 2.05) is 0 Å². The quantitative estimate of drug-likeness (QED) is 0.494. The van der Waals surface area contributed by atoms with E-state index in [1.165, 1.54) is 12.1 Å². The number of hydrogen-bond donors (Lipinski definition) is 2. The summed E-state index contributed by atoms with van der Waals surface area (Å²) in [5, 5.41) is 14.3. The Morgan fingerprint density at radius 3 is 2.63 bits per heavy atom. The van der Waals surface area contributed by atoms with Crippen LogP contribution in [0.1, 0.15) is 0 Å². The molecular weight excluding hydrogens is 334 g/mol. The van der Waals surface area contributed by atoms with Crippen LogP contribution in [0, 0.1) is 10.1 Å². The van der Waals surface area contributed by atoms with Crippen molar-refractivity contribution >= 4 is 50.3 Å². The number of nitrogen functional groups attached to an aromatic ring is 1. The third-order valence-corrected chi connectivity index (χ3v) is 3.36. The summed E-state index contributed by atoms with van der Waals surface area (Å²) in [6.45, 7) is 0. The molecule has 0 heterocycles. The molecule has 19 heavy (non-hydrogen) atoms. The van der Waals surface area contributed by atoms with Gasteiger partial charge in [0.1, 0.15) is 5.69 Å². The maximum atomic E-state index is 10.7.